The van der Waals surface area contributed by atoms with E-state index in [1.807, 2.05) is 4.90 Å². The molecule has 27 heavy (non-hydrogen) atoms. The van der Waals surface area contributed by atoms with Gasteiger partial charge in [-0.15, -0.1) is 0 Å². The Bertz CT molecular complexity index is 969. The van der Waals surface area contributed by atoms with Crippen molar-refractivity contribution in [1.82, 2.24) is 9.88 Å². The van der Waals surface area contributed by atoms with E-state index in [4.69, 9.17) is 4.98 Å². The molecule has 0 saturated carbocycles. The zero-order chi connectivity index (χ0) is 19.0. The molecule has 2 heterocycles. The van der Waals surface area contributed by atoms with E-state index in [9.17, 15) is 4.79 Å². The molecule has 0 atom stereocenters. The summed E-state index contributed by atoms with van der Waals surface area (Å²) < 4.78 is 1.27. The molecule has 4 nitrogen and oxygen atoms in total. The van der Waals surface area contributed by atoms with Crippen molar-refractivity contribution in [2.45, 2.75) is 27.2 Å². The average molecular weight is 380 g/mol. The number of rotatable bonds is 3. The fourth-order valence-electron chi connectivity index (χ4n) is 3.64. The number of hydrogen-bond acceptors (Lipinski definition) is 4. The maximum absolute atomic E-state index is 12.6. The normalized spacial score (nSPS) is 14.8. The summed E-state index contributed by atoms with van der Waals surface area (Å²) in [5, 5.41) is 1.07. The molecule has 1 aromatic heterocycles. The van der Waals surface area contributed by atoms with Gasteiger partial charge < -0.3 is 9.80 Å². The first-order valence-corrected chi connectivity index (χ1v) is 10.3. The van der Waals surface area contributed by atoms with E-state index in [-0.39, 0.29) is 5.91 Å². The second-order valence-electron chi connectivity index (χ2n) is 7.46. The van der Waals surface area contributed by atoms with Gasteiger partial charge in [0, 0.05) is 26.2 Å². The van der Waals surface area contributed by atoms with Crippen LogP contribution in [0.25, 0.3) is 10.2 Å². The van der Waals surface area contributed by atoms with Crippen LogP contribution >= 0.6 is 11.3 Å². The molecule has 140 valence electrons. The number of fused-ring (bicyclic) bond motifs is 1. The molecule has 0 N–H and O–H groups in total. The van der Waals surface area contributed by atoms with Crippen LogP contribution in [0, 0.1) is 20.8 Å². The highest BCUT2D eigenvalue weighted by molar-refractivity contribution is 7.22. The molecule has 1 saturated heterocycles. The summed E-state index contributed by atoms with van der Waals surface area (Å²) in [4.78, 5) is 21.8. The van der Waals surface area contributed by atoms with Crippen molar-refractivity contribution in [3.8, 4) is 0 Å². The van der Waals surface area contributed by atoms with Gasteiger partial charge in [-0.05, 0) is 43.5 Å². The number of carbonyl (C=O) groups excluding carboxylic acids is 1. The number of carbonyl (C=O) groups is 1. The molecule has 4 rings (SSSR count). The minimum absolute atomic E-state index is 0.217. The minimum Gasteiger partial charge on any atom is -0.345 e. The Labute approximate surface area is 164 Å². The number of anilines is 1. The third-order valence-corrected chi connectivity index (χ3v) is 6.45. The average Bonchev–Trinajstić information content (AvgIpc) is 3.08. The fraction of sp³-hybridized carbons (Fsp3) is 0.364. The van der Waals surface area contributed by atoms with Gasteiger partial charge in [-0.1, -0.05) is 47.2 Å². The molecule has 2 aromatic carbocycles. The smallest absolute Gasteiger partial charge is 0.227 e. The van der Waals surface area contributed by atoms with Crippen LogP contribution < -0.4 is 4.90 Å². The molecule has 3 aromatic rings. The lowest BCUT2D eigenvalue weighted by molar-refractivity contribution is -0.130. The van der Waals surface area contributed by atoms with Crippen LogP contribution in [-0.2, 0) is 11.2 Å². The SMILES string of the molecule is Cc1ccc(CC(=O)N2CCN(c3nc4cc(C)cc(C)c4s3)CC2)cc1. The van der Waals surface area contributed by atoms with E-state index < -0.39 is 0 Å². The molecule has 1 aliphatic rings. The van der Waals surface area contributed by atoms with Crippen LogP contribution in [-0.4, -0.2) is 42.0 Å². The van der Waals surface area contributed by atoms with Crippen molar-refractivity contribution < 1.29 is 4.79 Å². The summed E-state index contributed by atoms with van der Waals surface area (Å²) in [6, 6.07) is 12.6. The zero-order valence-corrected chi connectivity index (χ0v) is 17.0. The van der Waals surface area contributed by atoms with Gasteiger partial charge in [0.25, 0.3) is 0 Å². The van der Waals surface area contributed by atoms with E-state index >= 15 is 0 Å². The quantitative estimate of drug-likeness (QED) is 0.687. The largest absolute Gasteiger partial charge is 0.345 e. The Hall–Kier alpha value is -2.40. The second kappa shape index (κ2) is 7.31. The number of piperazine rings is 1. The molecule has 0 radical (unpaired) electrons. The molecule has 1 fully saturated rings. The summed E-state index contributed by atoms with van der Waals surface area (Å²) in [6.45, 7) is 9.55. The molecule has 5 heteroatoms. The predicted molar refractivity (Wildman–Crippen MR) is 113 cm³/mol. The van der Waals surface area contributed by atoms with Gasteiger partial charge >= 0.3 is 0 Å². The van der Waals surface area contributed by atoms with E-state index in [0.717, 1.165) is 42.4 Å². The number of aromatic nitrogens is 1. The first-order chi connectivity index (χ1) is 13.0. The van der Waals surface area contributed by atoms with Crippen molar-refractivity contribution >= 4 is 32.6 Å². The van der Waals surface area contributed by atoms with Gasteiger partial charge in [-0.3, -0.25) is 4.79 Å². The van der Waals surface area contributed by atoms with E-state index in [0.29, 0.717) is 6.42 Å². The summed E-state index contributed by atoms with van der Waals surface area (Å²) in [7, 11) is 0. The molecule has 1 aliphatic heterocycles. The van der Waals surface area contributed by atoms with Crippen molar-refractivity contribution in [2.75, 3.05) is 31.1 Å². The lowest BCUT2D eigenvalue weighted by atomic mass is 10.1. The van der Waals surface area contributed by atoms with Crippen LogP contribution in [0.2, 0.25) is 0 Å². The van der Waals surface area contributed by atoms with Gasteiger partial charge in [-0.2, -0.15) is 0 Å². The number of amides is 1. The van der Waals surface area contributed by atoms with Crippen molar-refractivity contribution in [3.63, 3.8) is 0 Å². The third-order valence-electron chi connectivity index (χ3n) is 5.19. The van der Waals surface area contributed by atoms with Crippen LogP contribution in [0.3, 0.4) is 0 Å². The van der Waals surface area contributed by atoms with E-state index in [1.165, 1.54) is 21.4 Å². The molecular weight excluding hydrogens is 354 g/mol. The number of aryl methyl sites for hydroxylation is 3. The fourth-order valence-corrected chi connectivity index (χ4v) is 4.71. The monoisotopic (exact) mass is 379 g/mol. The van der Waals surface area contributed by atoms with Gasteiger partial charge in [0.1, 0.15) is 0 Å². The zero-order valence-electron chi connectivity index (χ0n) is 16.2. The predicted octanol–water partition coefficient (Wildman–Crippen LogP) is 4.11. The summed E-state index contributed by atoms with van der Waals surface area (Å²) >= 11 is 1.76. The number of thiazole rings is 1. The van der Waals surface area contributed by atoms with Crippen molar-refractivity contribution in [1.29, 1.82) is 0 Å². The number of hydrogen-bond donors (Lipinski definition) is 0. The minimum atomic E-state index is 0.217. The molecule has 0 spiro atoms. The summed E-state index contributed by atoms with van der Waals surface area (Å²) in [6.07, 6.45) is 0.486. The highest BCUT2D eigenvalue weighted by Crippen LogP contribution is 2.32. The number of benzene rings is 2. The molecule has 1 amide bonds. The lowest BCUT2D eigenvalue weighted by Crippen LogP contribution is -2.49. The van der Waals surface area contributed by atoms with Crippen LogP contribution in [0.5, 0.6) is 0 Å². The Morgan fingerprint density at radius 1 is 1.00 bits per heavy atom. The second-order valence-corrected chi connectivity index (χ2v) is 8.43. The van der Waals surface area contributed by atoms with Crippen LogP contribution in [0.15, 0.2) is 36.4 Å². The summed E-state index contributed by atoms with van der Waals surface area (Å²) in [5.74, 6) is 0.217. The molecule has 0 bridgehead atoms. The topological polar surface area (TPSA) is 36.4 Å². The third kappa shape index (κ3) is 3.83. The highest BCUT2D eigenvalue weighted by atomic mass is 32.1. The lowest BCUT2D eigenvalue weighted by Gasteiger charge is -2.34. The standard InChI is InChI=1S/C22H25N3OS/c1-15-4-6-18(7-5-15)14-20(26)24-8-10-25(11-9-24)22-23-19-13-16(2)12-17(3)21(19)27-22/h4-7,12-13H,8-11,14H2,1-3H3. The van der Waals surface area contributed by atoms with Crippen molar-refractivity contribution in [2.24, 2.45) is 0 Å². The number of nitrogens with zero attached hydrogens (tertiary/aromatic N) is 3. The molecule has 0 aliphatic carbocycles. The van der Waals surface area contributed by atoms with Gasteiger partial charge in [0.15, 0.2) is 5.13 Å². The Balaban J connectivity index is 1.40. The van der Waals surface area contributed by atoms with Crippen LogP contribution in [0.4, 0.5) is 5.13 Å². The van der Waals surface area contributed by atoms with Gasteiger partial charge in [0.2, 0.25) is 5.91 Å². The first-order valence-electron chi connectivity index (χ1n) is 9.45. The first kappa shape index (κ1) is 18.0. The van der Waals surface area contributed by atoms with Crippen molar-refractivity contribution in [3.05, 3.63) is 58.7 Å². The molecular formula is C22H25N3OS. The highest BCUT2D eigenvalue weighted by Gasteiger charge is 2.23. The molecule has 0 unspecified atom stereocenters. The Morgan fingerprint density at radius 3 is 2.41 bits per heavy atom. The summed E-state index contributed by atoms with van der Waals surface area (Å²) in [5.41, 5.74) is 5.94. The Kier molecular flexibility index (Phi) is 4.87. The van der Waals surface area contributed by atoms with Gasteiger partial charge in [-0.25, -0.2) is 4.98 Å². The van der Waals surface area contributed by atoms with Crippen LogP contribution in [0.1, 0.15) is 22.3 Å². The maximum atomic E-state index is 12.6. The van der Waals surface area contributed by atoms with E-state index in [1.54, 1.807) is 11.3 Å². The Morgan fingerprint density at radius 2 is 1.70 bits per heavy atom. The van der Waals surface area contributed by atoms with E-state index in [2.05, 4.69) is 62.1 Å². The van der Waals surface area contributed by atoms with Gasteiger partial charge in [0.05, 0.1) is 16.6 Å². The maximum Gasteiger partial charge on any atom is 0.227 e.